The number of nitrogens with zero attached hydrogens (tertiary/aromatic N) is 1. The van der Waals surface area contributed by atoms with Crippen molar-refractivity contribution in [3.8, 4) is 11.6 Å². The highest BCUT2D eigenvalue weighted by Crippen LogP contribution is 2.45. The predicted octanol–water partition coefficient (Wildman–Crippen LogP) is 1.02. The van der Waals surface area contributed by atoms with Crippen LogP contribution in [-0.4, -0.2) is 61.8 Å². The summed E-state index contributed by atoms with van der Waals surface area (Å²) in [4.78, 5) is 30.2. The van der Waals surface area contributed by atoms with Crippen LogP contribution < -0.4 is 24.8 Å². The second-order valence-corrected chi connectivity index (χ2v) is 11.3. The molecule has 1 saturated heterocycles. The maximum Gasteiger partial charge on any atom is 0.259 e. The van der Waals surface area contributed by atoms with Gasteiger partial charge in [-0.25, -0.2) is 13.4 Å². The molecular weight excluding hydrogens is 472 g/mol. The standard InChI is InChI=1S/C24H28N4O6S/c1-3-15-12-24(15,23(30)28-35(31,32)18-5-6-18)27-21(29)20-11-17(13-26-20)34-22-19-7-4-16(33-2)10-14(19)8-9-25-22/h3-4,7-10,15,17-18,20,26H,1,5-6,11-13H2,2H3,(H,27,29)(H,28,30)/t15-,17?,20+,24?/m1/s1. The molecule has 186 valence electrons. The first-order chi connectivity index (χ1) is 16.8. The number of fused-ring (bicyclic) bond motifs is 1. The van der Waals surface area contributed by atoms with Gasteiger partial charge in [0, 0.05) is 30.5 Å². The fraction of sp³-hybridized carbons (Fsp3) is 0.458. The Morgan fingerprint density at radius 3 is 2.77 bits per heavy atom. The molecule has 0 bridgehead atoms. The van der Waals surface area contributed by atoms with Gasteiger partial charge in [0.05, 0.1) is 18.4 Å². The van der Waals surface area contributed by atoms with Crippen LogP contribution >= 0.6 is 0 Å². The molecule has 10 nitrogen and oxygen atoms in total. The van der Waals surface area contributed by atoms with E-state index in [0.29, 0.717) is 38.1 Å². The molecule has 4 atom stereocenters. The van der Waals surface area contributed by atoms with Gasteiger partial charge in [-0.1, -0.05) is 6.08 Å². The second-order valence-electron chi connectivity index (χ2n) is 9.32. The van der Waals surface area contributed by atoms with Crippen LogP contribution in [-0.2, 0) is 19.6 Å². The average molecular weight is 501 g/mol. The Balaban J connectivity index is 1.23. The van der Waals surface area contributed by atoms with Gasteiger partial charge >= 0.3 is 0 Å². The minimum atomic E-state index is -3.72. The van der Waals surface area contributed by atoms with E-state index in [4.69, 9.17) is 9.47 Å². The van der Waals surface area contributed by atoms with Crippen molar-refractivity contribution >= 4 is 32.6 Å². The van der Waals surface area contributed by atoms with Crippen LogP contribution in [0.1, 0.15) is 25.7 Å². The van der Waals surface area contributed by atoms with Crippen molar-refractivity contribution < 1.29 is 27.5 Å². The summed E-state index contributed by atoms with van der Waals surface area (Å²) >= 11 is 0. The number of carbonyl (C=O) groups excluding carboxylic acids is 2. The van der Waals surface area contributed by atoms with Crippen molar-refractivity contribution in [2.75, 3.05) is 13.7 Å². The van der Waals surface area contributed by atoms with Crippen LogP contribution in [0.5, 0.6) is 11.6 Å². The second kappa shape index (κ2) is 8.80. The van der Waals surface area contributed by atoms with E-state index in [0.717, 1.165) is 16.5 Å². The SMILES string of the molecule is C=C[C@@H]1CC1(NC(=O)[C@@H]1CC(Oc2nccc3cc(OC)ccc23)CN1)C(=O)NS(=O)(=O)C1CC1. The molecule has 1 aromatic heterocycles. The summed E-state index contributed by atoms with van der Waals surface area (Å²) in [7, 11) is -2.11. The van der Waals surface area contributed by atoms with Crippen LogP contribution in [0.4, 0.5) is 0 Å². The van der Waals surface area contributed by atoms with Gasteiger partial charge in [0.15, 0.2) is 0 Å². The number of hydrogen-bond acceptors (Lipinski definition) is 8. The van der Waals surface area contributed by atoms with E-state index in [1.54, 1.807) is 19.4 Å². The Hall–Kier alpha value is -3.18. The van der Waals surface area contributed by atoms with E-state index in [2.05, 4.69) is 26.9 Å². The number of sulfonamides is 1. The fourth-order valence-electron chi connectivity index (χ4n) is 4.52. The van der Waals surface area contributed by atoms with Gasteiger partial charge in [-0.2, -0.15) is 0 Å². The lowest BCUT2D eigenvalue weighted by Gasteiger charge is -2.21. The topological polar surface area (TPSA) is 136 Å². The molecule has 3 aliphatic rings. The zero-order valence-electron chi connectivity index (χ0n) is 19.3. The molecular formula is C24H28N4O6S. The lowest BCUT2D eigenvalue weighted by molar-refractivity contribution is -0.130. The number of methoxy groups -OCH3 is 1. The van der Waals surface area contributed by atoms with E-state index in [9.17, 15) is 18.0 Å². The molecule has 2 amide bonds. The minimum Gasteiger partial charge on any atom is -0.497 e. The molecule has 2 heterocycles. The lowest BCUT2D eigenvalue weighted by Crippen LogP contribution is -2.55. The Kier molecular flexibility index (Phi) is 5.92. The number of aromatic nitrogens is 1. The van der Waals surface area contributed by atoms with Crippen LogP contribution in [0.3, 0.4) is 0 Å². The summed E-state index contributed by atoms with van der Waals surface area (Å²) in [5, 5.41) is 7.14. The van der Waals surface area contributed by atoms with Gasteiger partial charge in [-0.05, 0) is 48.9 Å². The van der Waals surface area contributed by atoms with E-state index < -0.39 is 32.8 Å². The maximum absolute atomic E-state index is 13.0. The first-order valence-electron chi connectivity index (χ1n) is 11.6. The number of carbonyl (C=O) groups is 2. The van der Waals surface area contributed by atoms with E-state index in [-0.39, 0.29) is 17.9 Å². The Labute approximate surface area is 203 Å². The zero-order chi connectivity index (χ0) is 24.8. The first kappa shape index (κ1) is 23.6. The molecule has 0 radical (unpaired) electrons. The van der Waals surface area contributed by atoms with E-state index in [1.165, 1.54) is 0 Å². The fourth-order valence-corrected chi connectivity index (χ4v) is 5.89. The minimum absolute atomic E-state index is 0.305. The first-order valence-corrected chi connectivity index (χ1v) is 13.1. The van der Waals surface area contributed by atoms with Crippen molar-refractivity contribution in [2.45, 2.75) is 48.6 Å². The molecule has 3 fully saturated rings. The molecule has 1 aromatic carbocycles. The summed E-state index contributed by atoms with van der Waals surface area (Å²) in [6.07, 6.45) is 4.68. The molecule has 1 aliphatic heterocycles. The molecule has 2 unspecified atom stereocenters. The van der Waals surface area contributed by atoms with Crippen LogP contribution in [0.2, 0.25) is 0 Å². The number of amides is 2. The smallest absolute Gasteiger partial charge is 0.259 e. The monoisotopic (exact) mass is 500 g/mol. The van der Waals surface area contributed by atoms with E-state index in [1.807, 2.05) is 24.3 Å². The molecule has 2 aliphatic carbocycles. The normalized spacial score (nSPS) is 27.7. The van der Waals surface area contributed by atoms with Crippen LogP contribution in [0, 0.1) is 5.92 Å². The van der Waals surface area contributed by atoms with Gasteiger partial charge < -0.3 is 20.1 Å². The third kappa shape index (κ3) is 4.57. The van der Waals surface area contributed by atoms with Crippen LogP contribution in [0.15, 0.2) is 43.1 Å². The average Bonchev–Trinajstić information content (AvgIpc) is 3.76. The highest BCUT2D eigenvalue weighted by atomic mass is 32.2. The predicted molar refractivity (Wildman–Crippen MR) is 128 cm³/mol. The molecule has 5 rings (SSSR count). The number of nitrogens with one attached hydrogen (secondary N) is 3. The number of hydrogen-bond donors (Lipinski definition) is 3. The van der Waals surface area contributed by atoms with Gasteiger partial charge in [0.2, 0.25) is 21.8 Å². The molecule has 2 saturated carbocycles. The van der Waals surface area contributed by atoms with Crippen molar-refractivity contribution in [1.29, 1.82) is 0 Å². The number of rotatable bonds is 9. The van der Waals surface area contributed by atoms with Gasteiger partial charge in [0.25, 0.3) is 5.91 Å². The van der Waals surface area contributed by atoms with E-state index >= 15 is 0 Å². The molecule has 0 spiro atoms. The Morgan fingerprint density at radius 2 is 2.09 bits per heavy atom. The molecule has 35 heavy (non-hydrogen) atoms. The van der Waals surface area contributed by atoms with Crippen molar-refractivity contribution in [3.63, 3.8) is 0 Å². The van der Waals surface area contributed by atoms with Crippen molar-refractivity contribution in [1.82, 2.24) is 20.3 Å². The largest absolute Gasteiger partial charge is 0.497 e. The Morgan fingerprint density at radius 1 is 1.29 bits per heavy atom. The Bertz CT molecular complexity index is 1290. The summed E-state index contributed by atoms with van der Waals surface area (Å²) in [5.41, 5.74) is -1.29. The van der Waals surface area contributed by atoms with Gasteiger partial charge in [0.1, 0.15) is 17.4 Å². The maximum atomic E-state index is 13.0. The van der Waals surface area contributed by atoms with Crippen LogP contribution in [0.25, 0.3) is 10.8 Å². The van der Waals surface area contributed by atoms with Crippen molar-refractivity contribution in [3.05, 3.63) is 43.1 Å². The lowest BCUT2D eigenvalue weighted by atomic mass is 10.1. The number of ether oxygens (including phenoxy) is 2. The summed E-state index contributed by atoms with van der Waals surface area (Å²) in [6, 6.07) is 6.88. The van der Waals surface area contributed by atoms with Gasteiger partial charge in [-0.3, -0.25) is 14.3 Å². The molecule has 11 heteroatoms. The summed E-state index contributed by atoms with van der Waals surface area (Å²) < 4.78 is 38.0. The summed E-state index contributed by atoms with van der Waals surface area (Å²) in [5.74, 6) is -0.215. The highest BCUT2D eigenvalue weighted by Gasteiger charge is 2.61. The molecule has 2 aromatic rings. The molecule has 3 N–H and O–H groups in total. The quantitative estimate of drug-likeness (QED) is 0.435. The third-order valence-electron chi connectivity index (χ3n) is 6.87. The summed E-state index contributed by atoms with van der Waals surface area (Å²) in [6.45, 7) is 4.14. The van der Waals surface area contributed by atoms with Gasteiger partial charge in [-0.15, -0.1) is 6.58 Å². The number of benzene rings is 1. The zero-order valence-corrected chi connectivity index (χ0v) is 20.1. The highest BCUT2D eigenvalue weighted by molar-refractivity contribution is 7.91. The number of pyridine rings is 1. The van der Waals surface area contributed by atoms with Crippen molar-refractivity contribution in [2.24, 2.45) is 5.92 Å². The third-order valence-corrected chi connectivity index (χ3v) is 8.69.